The Kier molecular flexibility index (Phi) is 3.56. The molecule has 0 saturated heterocycles. The van der Waals surface area contributed by atoms with Crippen LogP contribution < -0.4 is 0 Å². The van der Waals surface area contributed by atoms with E-state index in [1.54, 1.807) is 10.9 Å². The fourth-order valence-corrected chi connectivity index (χ4v) is 1.92. The summed E-state index contributed by atoms with van der Waals surface area (Å²) in [5.74, 6) is 0. The predicted molar refractivity (Wildman–Crippen MR) is 64.5 cm³/mol. The third-order valence-corrected chi connectivity index (χ3v) is 3.02. The first kappa shape index (κ1) is 11.8. The van der Waals surface area contributed by atoms with Crippen molar-refractivity contribution < 1.29 is 10.2 Å². The van der Waals surface area contributed by atoms with Crippen molar-refractivity contribution >= 4 is 0 Å². The van der Waals surface area contributed by atoms with E-state index in [4.69, 9.17) is 0 Å². The van der Waals surface area contributed by atoms with E-state index in [-0.39, 0.29) is 13.2 Å². The van der Waals surface area contributed by atoms with Gasteiger partial charge in [0.25, 0.3) is 0 Å². The Morgan fingerprint density at radius 3 is 2.29 bits per heavy atom. The first-order valence-electron chi connectivity index (χ1n) is 5.55. The van der Waals surface area contributed by atoms with Crippen LogP contribution in [0.15, 0.2) is 48.8 Å². The Bertz CT molecular complexity index is 436. The topological polar surface area (TPSA) is 58.3 Å². The van der Waals surface area contributed by atoms with Crippen LogP contribution in [0.4, 0.5) is 0 Å². The average molecular weight is 232 g/mol. The van der Waals surface area contributed by atoms with Gasteiger partial charge in [0.05, 0.1) is 25.2 Å². The van der Waals surface area contributed by atoms with Gasteiger partial charge in [-0.25, -0.2) is 0 Å². The summed E-state index contributed by atoms with van der Waals surface area (Å²) in [5.41, 5.74) is 0.230. The largest absolute Gasteiger partial charge is 0.395 e. The van der Waals surface area contributed by atoms with Gasteiger partial charge in [0.2, 0.25) is 0 Å². The van der Waals surface area contributed by atoms with Crippen molar-refractivity contribution in [1.82, 2.24) is 9.78 Å². The van der Waals surface area contributed by atoms with Crippen molar-refractivity contribution in [2.45, 2.75) is 12.0 Å². The summed E-state index contributed by atoms with van der Waals surface area (Å²) < 4.78 is 1.72. The summed E-state index contributed by atoms with van der Waals surface area (Å²) in [5, 5.41) is 23.4. The molecule has 0 bridgehead atoms. The summed E-state index contributed by atoms with van der Waals surface area (Å²) in [6.45, 7) is 0.220. The van der Waals surface area contributed by atoms with Gasteiger partial charge in [0.15, 0.2) is 0 Å². The van der Waals surface area contributed by atoms with Crippen molar-refractivity contribution in [1.29, 1.82) is 0 Å². The highest BCUT2D eigenvalue weighted by Crippen LogP contribution is 2.25. The maximum Gasteiger partial charge on any atom is 0.0610 e. The number of hydrogen-bond acceptors (Lipinski definition) is 3. The SMILES string of the molecule is OCC(CO)(Cn1cccn1)c1ccccc1. The molecule has 1 aromatic carbocycles. The molecule has 0 atom stereocenters. The van der Waals surface area contributed by atoms with Crippen LogP contribution in [0.1, 0.15) is 5.56 Å². The lowest BCUT2D eigenvalue weighted by Gasteiger charge is -2.30. The Labute approximate surface area is 100 Å². The van der Waals surface area contributed by atoms with Gasteiger partial charge in [0, 0.05) is 12.4 Å². The molecule has 90 valence electrons. The van der Waals surface area contributed by atoms with E-state index in [9.17, 15) is 10.2 Å². The van der Waals surface area contributed by atoms with E-state index >= 15 is 0 Å². The molecule has 0 amide bonds. The summed E-state index contributed by atoms with van der Waals surface area (Å²) in [7, 11) is 0. The quantitative estimate of drug-likeness (QED) is 0.802. The lowest BCUT2D eigenvalue weighted by molar-refractivity contribution is 0.0992. The molecule has 2 aromatic rings. The highest BCUT2D eigenvalue weighted by atomic mass is 16.3. The minimum Gasteiger partial charge on any atom is -0.395 e. The van der Waals surface area contributed by atoms with Crippen LogP contribution in [-0.2, 0) is 12.0 Å². The number of benzene rings is 1. The Hall–Kier alpha value is -1.65. The van der Waals surface area contributed by atoms with Crippen LogP contribution in [-0.4, -0.2) is 33.2 Å². The van der Waals surface area contributed by atoms with Crippen molar-refractivity contribution in [3.63, 3.8) is 0 Å². The molecule has 0 unspecified atom stereocenters. The maximum atomic E-state index is 9.63. The van der Waals surface area contributed by atoms with Crippen LogP contribution in [0.3, 0.4) is 0 Å². The van der Waals surface area contributed by atoms with E-state index < -0.39 is 5.41 Å². The molecule has 0 spiro atoms. The van der Waals surface area contributed by atoms with Gasteiger partial charge in [-0.05, 0) is 11.6 Å². The van der Waals surface area contributed by atoms with Crippen LogP contribution in [0.25, 0.3) is 0 Å². The summed E-state index contributed by atoms with van der Waals surface area (Å²) in [4.78, 5) is 0. The number of hydrogen-bond donors (Lipinski definition) is 2. The second kappa shape index (κ2) is 5.12. The third-order valence-electron chi connectivity index (χ3n) is 3.02. The van der Waals surface area contributed by atoms with E-state index in [1.165, 1.54) is 0 Å². The average Bonchev–Trinajstić information content (AvgIpc) is 2.90. The zero-order chi connectivity index (χ0) is 12.1. The first-order chi connectivity index (χ1) is 8.30. The molecule has 4 heteroatoms. The Morgan fingerprint density at radius 1 is 1.06 bits per heavy atom. The van der Waals surface area contributed by atoms with Crippen LogP contribution >= 0.6 is 0 Å². The normalized spacial score (nSPS) is 11.6. The smallest absolute Gasteiger partial charge is 0.0610 e. The molecule has 0 aliphatic rings. The standard InChI is InChI=1S/C13H16N2O2/c16-10-13(11-17,9-15-8-4-7-14-15)12-5-2-1-3-6-12/h1-8,16-17H,9-11H2. The highest BCUT2D eigenvalue weighted by Gasteiger charge is 2.31. The lowest BCUT2D eigenvalue weighted by atomic mass is 9.82. The lowest BCUT2D eigenvalue weighted by Crippen LogP contribution is -2.39. The number of aliphatic hydroxyl groups is 2. The first-order valence-corrected chi connectivity index (χ1v) is 5.55. The van der Waals surface area contributed by atoms with E-state index in [0.29, 0.717) is 6.54 Å². The van der Waals surface area contributed by atoms with Crippen LogP contribution in [0.2, 0.25) is 0 Å². The van der Waals surface area contributed by atoms with E-state index in [1.807, 2.05) is 42.6 Å². The number of aromatic nitrogens is 2. The van der Waals surface area contributed by atoms with E-state index in [2.05, 4.69) is 5.10 Å². The number of aliphatic hydroxyl groups excluding tert-OH is 2. The van der Waals surface area contributed by atoms with Crippen molar-refractivity contribution in [3.8, 4) is 0 Å². The summed E-state index contributed by atoms with van der Waals surface area (Å²) >= 11 is 0. The Balaban J connectivity index is 2.32. The van der Waals surface area contributed by atoms with Gasteiger partial charge < -0.3 is 10.2 Å². The molecule has 0 fully saturated rings. The van der Waals surface area contributed by atoms with Gasteiger partial charge in [-0.2, -0.15) is 5.10 Å². The molecule has 17 heavy (non-hydrogen) atoms. The molecule has 1 heterocycles. The molecule has 0 aliphatic carbocycles. The van der Waals surface area contributed by atoms with Gasteiger partial charge in [0.1, 0.15) is 0 Å². The minimum absolute atomic E-state index is 0.118. The van der Waals surface area contributed by atoms with Gasteiger partial charge in [-0.15, -0.1) is 0 Å². The maximum absolute atomic E-state index is 9.63. The molecular weight excluding hydrogens is 216 g/mol. The predicted octanol–water partition coefficient (Wildman–Crippen LogP) is 0.806. The van der Waals surface area contributed by atoms with Crippen molar-refractivity contribution in [2.75, 3.05) is 13.2 Å². The molecule has 0 aliphatic heterocycles. The molecular formula is C13H16N2O2. The van der Waals surface area contributed by atoms with Crippen LogP contribution in [0.5, 0.6) is 0 Å². The van der Waals surface area contributed by atoms with E-state index in [0.717, 1.165) is 5.56 Å². The fraction of sp³-hybridized carbons (Fsp3) is 0.308. The molecule has 4 nitrogen and oxygen atoms in total. The summed E-state index contributed by atoms with van der Waals surface area (Å²) in [6, 6.07) is 11.4. The minimum atomic E-state index is -0.687. The molecule has 0 saturated carbocycles. The molecule has 2 rings (SSSR count). The highest BCUT2D eigenvalue weighted by molar-refractivity contribution is 5.25. The molecule has 1 aromatic heterocycles. The zero-order valence-corrected chi connectivity index (χ0v) is 9.53. The Morgan fingerprint density at radius 2 is 1.76 bits per heavy atom. The van der Waals surface area contributed by atoms with Crippen molar-refractivity contribution in [2.24, 2.45) is 0 Å². The molecule has 2 N–H and O–H groups in total. The number of nitrogens with zero attached hydrogens (tertiary/aromatic N) is 2. The zero-order valence-electron chi connectivity index (χ0n) is 9.53. The van der Waals surface area contributed by atoms with Crippen LogP contribution in [0, 0.1) is 0 Å². The second-order valence-electron chi connectivity index (χ2n) is 4.17. The second-order valence-corrected chi connectivity index (χ2v) is 4.17. The van der Waals surface area contributed by atoms with Gasteiger partial charge in [-0.1, -0.05) is 30.3 Å². The summed E-state index contributed by atoms with van der Waals surface area (Å²) in [6.07, 6.45) is 3.51. The monoisotopic (exact) mass is 232 g/mol. The van der Waals surface area contributed by atoms with Gasteiger partial charge in [-0.3, -0.25) is 4.68 Å². The van der Waals surface area contributed by atoms with Gasteiger partial charge >= 0.3 is 0 Å². The fourth-order valence-electron chi connectivity index (χ4n) is 1.92. The molecule has 0 radical (unpaired) electrons. The number of rotatable bonds is 5. The third kappa shape index (κ3) is 2.38. The van der Waals surface area contributed by atoms with Crippen molar-refractivity contribution in [3.05, 3.63) is 54.4 Å².